The maximum Gasteiger partial charge on any atom is 0.328 e. The Hall–Kier alpha value is -1.91. The zero-order valence-electron chi connectivity index (χ0n) is 12.8. The minimum atomic E-state index is -0.328. The van der Waals surface area contributed by atoms with Crippen LogP contribution < -0.4 is 14.8 Å². The molecular formula is C16H23NO4. The first kappa shape index (κ1) is 15.5. The van der Waals surface area contributed by atoms with Crippen molar-refractivity contribution in [3.8, 4) is 11.5 Å². The largest absolute Gasteiger partial charge is 0.494 e. The highest BCUT2D eigenvalue weighted by atomic mass is 16.5. The molecule has 1 unspecified atom stereocenters. The molecule has 0 aliphatic heterocycles. The number of hydrogen-bond donors (Lipinski definition) is 1. The van der Waals surface area contributed by atoms with Crippen molar-refractivity contribution in [1.82, 2.24) is 0 Å². The van der Waals surface area contributed by atoms with Gasteiger partial charge in [0.05, 0.1) is 26.0 Å². The second-order valence-corrected chi connectivity index (χ2v) is 5.01. The Kier molecular flexibility index (Phi) is 5.31. The zero-order valence-corrected chi connectivity index (χ0v) is 12.8. The van der Waals surface area contributed by atoms with Crippen LogP contribution in [-0.4, -0.2) is 32.3 Å². The lowest BCUT2D eigenvalue weighted by Crippen LogP contribution is -2.32. The molecule has 0 aromatic heterocycles. The van der Waals surface area contributed by atoms with Crippen LogP contribution >= 0.6 is 0 Å². The van der Waals surface area contributed by atoms with Crippen LogP contribution in [0.3, 0.4) is 0 Å². The van der Waals surface area contributed by atoms with E-state index in [9.17, 15) is 4.79 Å². The van der Waals surface area contributed by atoms with E-state index in [0.717, 1.165) is 30.0 Å². The van der Waals surface area contributed by atoms with Gasteiger partial charge in [-0.1, -0.05) is 0 Å². The molecule has 1 aliphatic rings. The van der Waals surface area contributed by atoms with E-state index in [1.54, 1.807) is 0 Å². The molecule has 116 valence electrons. The number of rotatable bonds is 8. The lowest BCUT2D eigenvalue weighted by Gasteiger charge is -2.20. The normalized spacial score (nSPS) is 15.2. The summed E-state index contributed by atoms with van der Waals surface area (Å²) < 4.78 is 16.0. The molecule has 0 radical (unpaired) electrons. The maximum atomic E-state index is 11.9. The molecule has 1 fully saturated rings. The highest BCUT2D eigenvalue weighted by Crippen LogP contribution is 2.37. The van der Waals surface area contributed by atoms with Crippen LogP contribution in [0.5, 0.6) is 11.5 Å². The van der Waals surface area contributed by atoms with Crippen LogP contribution in [0.1, 0.15) is 26.7 Å². The molecule has 0 saturated heterocycles. The zero-order chi connectivity index (χ0) is 15.2. The lowest BCUT2D eigenvalue weighted by atomic mass is 10.1. The molecule has 1 aliphatic carbocycles. The summed E-state index contributed by atoms with van der Waals surface area (Å²) in [5.41, 5.74) is 0.769. The summed E-state index contributed by atoms with van der Waals surface area (Å²) in [5.74, 6) is 1.57. The highest BCUT2D eigenvalue weighted by Gasteiger charge is 2.37. The van der Waals surface area contributed by atoms with Crippen LogP contribution in [-0.2, 0) is 9.53 Å². The number of carbonyl (C=O) groups is 1. The number of ether oxygens (including phenoxy) is 3. The topological polar surface area (TPSA) is 56.8 Å². The number of anilines is 1. The summed E-state index contributed by atoms with van der Waals surface area (Å²) in [5, 5.41) is 3.26. The average Bonchev–Trinajstić information content (AvgIpc) is 3.31. The molecule has 1 aromatic carbocycles. The molecule has 1 N–H and O–H groups in total. The van der Waals surface area contributed by atoms with Crippen LogP contribution in [0.25, 0.3) is 0 Å². The fourth-order valence-corrected chi connectivity index (χ4v) is 2.25. The van der Waals surface area contributed by atoms with Gasteiger partial charge < -0.3 is 19.5 Å². The monoisotopic (exact) mass is 293 g/mol. The van der Waals surface area contributed by atoms with Gasteiger partial charge in [0.2, 0.25) is 0 Å². The Labute approximate surface area is 125 Å². The van der Waals surface area contributed by atoms with E-state index in [1.807, 2.05) is 32.0 Å². The lowest BCUT2D eigenvalue weighted by molar-refractivity contribution is -0.142. The van der Waals surface area contributed by atoms with Crippen molar-refractivity contribution in [2.75, 3.05) is 25.6 Å². The van der Waals surface area contributed by atoms with E-state index in [1.165, 1.54) is 7.11 Å². The summed E-state index contributed by atoms with van der Waals surface area (Å²) in [7, 11) is 1.42. The molecule has 2 rings (SSSR count). The summed E-state index contributed by atoms with van der Waals surface area (Å²) in [6.45, 7) is 5.02. The number of methoxy groups -OCH3 is 1. The molecule has 0 heterocycles. The van der Waals surface area contributed by atoms with Gasteiger partial charge in [-0.3, -0.25) is 0 Å². The van der Waals surface area contributed by atoms with E-state index in [0.29, 0.717) is 19.1 Å². The van der Waals surface area contributed by atoms with Crippen LogP contribution in [0.2, 0.25) is 0 Å². The first-order chi connectivity index (χ1) is 10.2. The molecule has 0 amide bonds. The standard InChI is InChI=1S/C16H23NO4/c1-4-20-12-8-9-14(21-5-2)13(10-12)17-15(11-6-7-11)16(18)19-3/h8-11,15,17H,4-7H2,1-3H3. The van der Waals surface area contributed by atoms with Gasteiger partial charge in [0.1, 0.15) is 17.5 Å². The van der Waals surface area contributed by atoms with Gasteiger partial charge in [-0.05, 0) is 44.7 Å². The molecular weight excluding hydrogens is 270 g/mol. The van der Waals surface area contributed by atoms with Gasteiger partial charge in [-0.2, -0.15) is 0 Å². The molecule has 1 saturated carbocycles. The molecule has 0 spiro atoms. The van der Waals surface area contributed by atoms with Gasteiger partial charge in [0, 0.05) is 6.07 Å². The Balaban J connectivity index is 2.21. The van der Waals surface area contributed by atoms with Crippen molar-refractivity contribution in [2.45, 2.75) is 32.7 Å². The van der Waals surface area contributed by atoms with E-state index in [-0.39, 0.29) is 12.0 Å². The van der Waals surface area contributed by atoms with Gasteiger partial charge in [0.25, 0.3) is 0 Å². The molecule has 1 atom stereocenters. The van der Waals surface area contributed by atoms with Crippen molar-refractivity contribution >= 4 is 11.7 Å². The highest BCUT2D eigenvalue weighted by molar-refractivity contribution is 5.81. The summed E-state index contributed by atoms with van der Waals surface area (Å²) in [4.78, 5) is 11.9. The SMILES string of the molecule is CCOc1ccc(OCC)c(NC(C(=O)OC)C2CC2)c1. The molecule has 0 bridgehead atoms. The summed E-state index contributed by atoms with van der Waals surface area (Å²) >= 11 is 0. The minimum Gasteiger partial charge on any atom is -0.494 e. The predicted molar refractivity (Wildman–Crippen MR) is 80.9 cm³/mol. The Morgan fingerprint density at radius 1 is 1.29 bits per heavy atom. The predicted octanol–water partition coefficient (Wildman–Crippen LogP) is 2.85. The number of hydrogen-bond acceptors (Lipinski definition) is 5. The Morgan fingerprint density at radius 2 is 2.00 bits per heavy atom. The fraction of sp³-hybridized carbons (Fsp3) is 0.562. The summed E-state index contributed by atoms with van der Waals surface area (Å²) in [6.07, 6.45) is 2.09. The smallest absolute Gasteiger partial charge is 0.328 e. The number of carbonyl (C=O) groups excluding carboxylic acids is 1. The van der Waals surface area contributed by atoms with Crippen LogP contribution in [0.4, 0.5) is 5.69 Å². The Morgan fingerprint density at radius 3 is 2.57 bits per heavy atom. The van der Waals surface area contributed by atoms with Crippen molar-refractivity contribution in [2.24, 2.45) is 5.92 Å². The van der Waals surface area contributed by atoms with Gasteiger partial charge in [-0.15, -0.1) is 0 Å². The number of esters is 1. The first-order valence-electron chi connectivity index (χ1n) is 7.43. The van der Waals surface area contributed by atoms with Crippen LogP contribution in [0.15, 0.2) is 18.2 Å². The van der Waals surface area contributed by atoms with Crippen molar-refractivity contribution in [3.63, 3.8) is 0 Å². The third-order valence-electron chi connectivity index (χ3n) is 3.42. The second kappa shape index (κ2) is 7.20. The van der Waals surface area contributed by atoms with E-state index < -0.39 is 0 Å². The minimum absolute atomic E-state index is 0.234. The van der Waals surface area contributed by atoms with Gasteiger partial charge in [0.15, 0.2) is 0 Å². The number of nitrogens with one attached hydrogen (secondary N) is 1. The number of benzene rings is 1. The van der Waals surface area contributed by atoms with Crippen molar-refractivity contribution in [3.05, 3.63) is 18.2 Å². The quantitative estimate of drug-likeness (QED) is 0.747. The fourth-order valence-electron chi connectivity index (χ4n) is 2.25. The summed E-state index contributed by atoms with van der Waals surface area (Å²) in [6, 6.07) is 5.26. The van der Waals surface area contributed by atoms with Gasteiger partial charge >= 0.3 is 5.97 Å². The maximum absolute atomic E-state index is 11.9. The van der Waals surface area contributed by atoms with E-state index in [2.05, 4.69) is 5.32 Å². The molecule has 5 heteroatoms. The second-order valence-electron chi connectivity index (χ2n) is 5.01. The third kappa shape index (κ3) is 4.03. The molecule has 21 heavy (non-hydrogen) atoms. The van der Waals surface area contributed by atoms with Crippen molar-refractivity contribution in [1.29, 1.82) is 0 Å². The first-order valence-corrected chi connectivity index (χ1v) is 7.43. The average molecular weight is 293 g/mol. The van der Waals surface area contributed by atoms with E-state index in [4.69, 9.17) is 14.2 Å². The Bertz CT molecular complexity index is 485. The van der Waals surface area contributed by atoms with Crippen molar-refractivity contribution < 1.29 is 19.0 Å². The third-order valence-corrected chi connectivity index (χ3v) is 3.42. The van der Waals surface area contributed by atoms with Gasteiger partial charge in [-0.25, -0.2) is 4.79 Å². The van der Waals surface area contributed by atoms with E-state index >= 15 is 0 Å². The van der Waals surface area contributed by atoms with Crippen LogP contribution in [0, 0.1) is 5.92 Å². The molecule has 1 aromatic rings. The molecule has 5 nitrogen and oxygen atoms in total.